The smallest absolute Gasteiger partial charge is 0.244 e. The van der Waals surface area contributed by atoms with Crippen molar-refractivity contribution < 1.29 is 8.42 Å². The Bertz CT molecular complexity index is 741. The van der Waals surface area contributed by atoms with E-state index in [0.717, 1.165) is 5.56 Å². The van der Waals surface area contributed by atoms with Crippen LogP contribution in [0.1, 0.15) is 19.4 Å². The summed E-state index contributed by atoms with van der Waals surface area (Å²) in [4.78, 5) is 8.23. The Morgan fingerprint density at radius 1 is 1.22 bits per heavy atom. The van der Waals surface area contributed by atoms with Crippen molar-refractivity contribution in [3.63, 3.8) is 0 Å². The van der Waals surface area contributed by atoms with E-state index in [1.807, 2.05) is 12.1 Å². The molecule has 0 aliphatic rings. The monoisotopic (exact) mass is 333 g/mol. The topological polar surface area (TPSA) is 87.5 Å². The Balaban J connectivity index is 2.06. The third kappa shape index (κ3) is 4.33. The molecule has 0 atom stereocenters. The Hall–Kier alpha value is -2.32. The number of hydrogen-bond acceptors (Lipinski definition) is 6. The molecule has 0 radical (unpaired) electrons. The highest BCUT2D eigenvalue weighted by molar-refractivity contribution is 7.89. The Morgan fingerprint density at radius 3 is 2.57 bits per heavy atom. The van der Waals surface area contributed by atoms with Gasteiger partial charge in [0, 0.05) is 37.2 Å². The van der Waals surface area contributed by atoms with Crippen molar-refractivity contribution in [2.75, 3.05) is 18.5 Å². The van der Waals surface area contributed by atoms with E-state index >= 15 is 0 Å². The number of anilines is 1. The molecule has 0 saturated heterocycles. The SMILES string of the molecule is CCN(CC)S(=O)(=O)c1ccc(N/N=C\c2cccnc2)nc1. The molecule has 0 aliphatic carbocycles. The molecule has 0 unspecified atom stereocenters. The van der Waals surface area contributed by atoms with Gasteiger partial charge in [-0.2, -0.15) is 9.41 Å². The van der Waals surface area contributed by atoms with Gasteiger partial charge in [0.2, 0.25) is 10.0 Å². The van der Waals surface area contributed by atoms with Crippen molar-refractivity contribution in [3.8, 4) is 0 Å². The zero-order valence-electron chi connectivity index (χ0n) is 13.0. The molecule has 0 bridgehead atoms. The first-order chi connectivity index (χ1) is 11.1. The molecule has 2 aromatic rings. The van der Waals surface area contributed by atoms with Crippen molar-refractivity contribution in [1.82, 2.24) is 14.3 Å². The van der Waals surface area contributed by atoms with Crippen molar-refractivity contribution in [2.45, 2.75) is 18.7 Å². The Kier molecular flexibility index (Phi) is 5.78. The summed E-state index contributed by atoms with van der Waals surface area (Å²) in [6.07, 6.45) is 6.30. The fraction of sp³-hybridized carbons (Fsp3) is 0.267. The molecule has 2 heterocycles. The molecule has 0 amide bonds. The minimum Gasteiger partial charge on any atom is -0.264 e. The van der Waals surface area contributed by atoms with Crippen LogP contribution in [0.15, 0.2) is 52.9 Å². The Labute approximate surface area is 136 Å². The van der Waals surface area contributed by atoms with Gasteiger partial charge in [-0.1, -0.05) is 19.9 Å². The fourth-order valence-electron chi connectivity index (χ4n) is 1.94. The lowest BCUT2D eigenvalue weighted by molar-refractivity contribution is 0.445. The van der Waals surface area contributed by atoms with Crippen LogP contribution in [-0.2, 0) is 10.0 Å². The zero-order valence-corrected chi connectivity index (χ0v) is 13.9. The second-order valence-electron chi connectivity index (χ2n) is 4.62. The molecule has 0 saturated carbocycles. The first-order valence-corrected chi connectivity index (χ1v) is 8.67. The second-order valence-corrected chi connectivity index (χ2v) is 6.56. The quantitative estimate of drug-likeness (QED) is 0.618. The van der Waals surface area contributed by atoms with Crippen LogP contribution in [0, 0.1) is 0 Å². The van der Waals surface area contributed by atoms with Crippen molar-refractivity contribution >= 4 is 22.1 Å². The summed E-state index contributed by atoms with van der Waals surface area (Å²) in [7, 11) is -3.49. The zero-order chi connectivity index (χ0) is 16.7. The van der Waals surface area contributed by atoms with Crippen LogP contribution < -0.4 is 5.43 Å². The molecular weight excluding hydrogens is 314 g/mol. The number of hydrazone groups is 1. The predicted octanol–water partition coefficient (Wildman–Crippen LogP) is 1.95. The molecule has 1 N–H and O–H groups in total. The maximum absolute atomic E-state index is 12.3. The van der Waals surface area contributed by atoms with E-state index in [9.17, 15) is 8.42 Å². The number of pyridine rings is 2. The van der Waals surface area contributed by atoms with Crippen molar-refractivity contribution in [2.24, 2.45) is 5.10 Å². The van der Waals surface area contributed by atoms with Crippen LogP contribution in [0.25, 0.3) is 0 Å². The van der Waals surface area contributed by atoms with Gasteiger partial charge >= 0.3 is 0 Å². The van der Waals surface area contributed by atoms with E-state index in [-0.39, 0.29) is 4.90 Å². The van der Waals surface area contributed by atoms with Gasteiger partial charge in [0.1, 0.15) is 10.7 Å². The summed E-state index contributed by atoms with van der Waals surface area (Å²) < 4.78 is 26.1. The third-order valence-corrected chi connectivity index (χ3v) is 5.19. The fourth-order valence-corrected chi connectivity index (χ4v) is 3.34. The maximum atomic E-state index is 12.3. The molecule has 7 nitrogen and oxygen atoms in total. The van der Waals surface area contributed by atoms with E-state index in [0.29, 0.717) is 18.9 Å². The van der Waals surface area contributed by atoms with Gasteiger partial charge in [-0.25, -0.2) is 13.4 Å². The van der Waals surface area contributed by atoms with Gasteiger partial charge in [0.05, 0.1) is 6.21 Å². The molecular formula is C15H19N5O2S. The molecule has 2 aromatic heterocycles. The Morgan fingerprint density at radius 2 is 2.00 bits per heavy atom. The molecule has 0 aliphatic heterocycles. The average Bonchev–Trinajstić information content (AvgIpc) is 2.57. The summed E-state index contributed by atoms with van der Waals surface area (Å²) in [5.41, 5.74) is 3.60. The van der Waals surface area contributed by atoms with Gasteiger partial charge in [0.15, 0.2) is 0 Å². The minimum atomic E-state index is -3.49. The highest BCUT2D eigenvalue weighted by Crippen LogP contribution is 2.15. The van der Waals surface area contributed by atoms with E-state index in [1.54, 1.807) is 38.5 Å². The standard InChI is InChI=1S/C15H19N5O2S/c1-3-20(4-2)23(21,22)14-7-8-15(17-12-14)19-18-11-13-6-5-9-16-10-13/h5-12H,3-4H2,1-2H3,(H,17,19)/b18-11-. The number of sulfonamides is 1. The molecule has 0 aromatic carbocycles. The maximum Gasteiger partial charge on any atom is 0.244 e. The van der Waals surface area contributed by atoms with Crippen molar-refractivity contribution in [1.29, 1.82) is 0 Å². The minimum absolute atomic E-state index is 0.169. The van der Waals surface area contributed by atoms with Crippen LogP contribution in [0.3, 0.4) is 0 Å². The highest BCUT2D eigenvalue weighted by atomic mass is 32.2. The first kappa shape index (κ1) is 17.0. The van der Waals surface area contributed by atoms with Crippen molar-refractivity contribution in [3.05, 3.63) is 48.4 Å². The van der Waals surface area contributed by atoms with Gasteiger partial charge in [-0.05, 0) is 18.2 Å². The van der Waals surface area contributed by atoms with Gasteiger partial charge < -0.3 is 0 Å². The van der Waals surface area contributed by atoms with Crippen LogP contribution in [-0.4, -0.2) is 42.0 Å². The lowest BCUT2D eigenvalue weighted by Gasteiger charge is -2.18. The number of hydrogen-bond donors (Lipinski definition) is 1. The van der Waals surface area contributed by atoms with E-state index < -0.39 is 10.0 Å². The third-order valence-electron chi connectivity index (χ3n) is 3.16. The second kappa shape index (κ2) is 7.80. The number of aromatic nitrogens is 2. The van der Waals surface area contributed by atoms with Gasteiger partial charge in [-0.3, -0.25) is 10.4 Å². The largest absolute Gasteiger partial charge is 0.264 e. The summed E-state index contributed by atoms with van der Waals surface area (Å²) in [5.74, 6) is 0.462. The molecule has 8 heteroatoms. The number of rotatable bonds is 7. The number of nitrogens with one attached hydrogen (secondary N) is 1. The van der Waals surface area contributed by atoms with Crippen LogP contribution in [0.4, 0.5) is 5.82 Å². The normalized spacial score (nSPS) is 12.0. The van der Waals surface area contributed by atoms with Crippen LogP contribution in [0.2, 0.25) is 0 Å². The van der Waals surface area contributed by atoms with Gasteiger partial charge in [0.25, 0.3) is 0 Å². The molecule has 2 rings (SSSR count). The highest BCUT2D eigenvalue weighted by Gasteiger charge is 2.21. The molecule has 122 valence electrons. The van der Waals surface area contributed by atoms with Crippen LogP contribution in [0.5, 0.6) is 0 Å². The van der Waals surface area contributed by atoms with Crippen LogP contribution >= 0.6 is 0 Å². The summed E-state index contributed by atoms with van der Waals surface area (Å²) in [6, 6.07) is 6.78. The summed E-state index contributed by atoms with van der Waals surface area (Å²) in [5, 5.41) is 4.03. The van der Waals surface area contributed by atoms with E-state index in [4.69, 9.17) is 0 Å². The van der Waals surface area contributed by atoms with E-state index in [1.165, 1.54) is 16.6 Å². The lowest BCUT2D eigenvalue weighted by atomic mass is 10.3. The predicted molar refractivity (Wildman–Crippen MR) is 89.8 cm³/mol. The molecule has 0 spiro atoms. The molecule has 0 fully saturated rings. The number of nitrogens with zero attached hydrogens (tertiary/aromatic N) is 4. The lowest BCUT2D eigenvalue weighted by Crippen LogP contribution is -2.30. The molecule has 23 heavy (non-hydrogen) atoms. The summed E-state index contributed by atoms with van der Waals surface area (Å²) in [6.45, 7) is 4.46. The van der Waals surface area contributed by atoms with Gasteiger partial charge in [-0.15, -0.1) is 0 Å². The summed E-state index contributed by atoms with van der Waals surface area (Å²) >= 11 is 0. The van der Waals surface area contributed by atoms with E-state index in [2.05, 4.69) is 20.5 Å². The average molecular weight is 333 g/mol. The first-order valence-electron chi connectivity index (χ1n) is 7.23.